The molecule has 0 spiro atoms. The molecule has 0 fully saturated rings. The molecular formula is C7H10N2O3. The number of esters is 1. The van der Waals surface area contributed by atoms with Gasteiger partial charge in [0.25, 0.3) is 0 Å². The highest BCUT2D eigenvalue weighted by Crippen LogP contribution is 1.95. The summed E-state index contributed by atoms with van der Waals surface area (Å²) in [5.41, 5.74) is 0.541. The van der Waals surface area contributed by atoms with Gasteiger partial charge in [-0.3, -0.25) is 4.79 Å². The molecule has 0 radical (unpaired) electrons. The Balaban J connectivity index is 2.58. The molecule has 1 rings (SSSR count). The van der Waals surface area contributed by atoms with Crippen LogP contribution in [-0.4, -0.2) is 27.7 Å². The van der Waals surface area contributed by atoms with E-state index in [-0.39, 0.29) is 19.1 Å². The summed E-state index contributed by atoms with van der Waals surface area (Å²) in [6, 6.07) is 0. The van der Waals surface area contributed by atoms with Gasteiger partial charge in [-0.1, -0.05) is 0 Å². The minimum absolute atomic E-state index is 0.117. The second-order valence-electron chi connectivity index (χ2n) is 2.27. The van der Waals surface area contributed by atoms with Crippen LogP contribution in [0.25, 0.3) is 0 Å². The molecule has 1 aromatic heterocycles. The number of methoxy groups -OCH3 is 1. The van der Waals surface area contributed by atoms with Crippen LogP contribution < -0.4 is 0 Å². The molecule has 1 heterocycles. The van der Waals surface area contributed by atoms with E-state index in [9.17, 15) is 4.79 Å². The smallest absolute Gasteiger partial charge is 0.325 e. The number of carbonyl (C=O) groups is 1. The highest BCUT2D eigenvalue weighted by Gasteiger charge is 2.02. The predicted octanol–water partition coefficient (Wildman–Crippen LogP) is -0.452. The van der Waals surface area contributed by atoms with E-state index in [4.69, 9.17) is 5.11 Å². The molecule has 0 bridgehead atoms. The molecule has 0 saturated heterocycles. The lowest BCUT2D eigenvalue weighted by Crippen LogP contribution is -2.09. The SMILES string of the molecule is COC(=O)Cn1cnc(CO)c1. The zero-order chi connectivity index (χ0) is 8.97. The summed E-state index contributed by atoms with van der Waals surface area (Å²) in [5.74, 6) is -0.336. The topological polar surface area (TPSA) is 64.4 Å². The average molecular weight is 170 g/mol. The zero-order valence-electron chi connectivity index (χ0n) is 6.73. The standard InChI is InChI=1S/C7H10N2O3/c1-12-7(11)3-9-2-6(4-10)8-5-9/h2,5,10H,3-4H2,1H3. The monoisotopic (exact) mass is 170 g/mol. The number of ether oxygens (including phenoxy) is 1. The molecule has 1 N–H and O–H groups in total. The van der Waals surface area contributed by atoms with E-state index < -0.39 is 0 Å². The largest absolute Gasteiger partial charge is 0.468 e. The summed E-state index contributed by atoms with van der Waals surface area (Å²) in [7, 11) is 1.33. The normalized spacial score (nSPS) is 9.83. The van der Waals surface area contributed by atoms with E-state index in [2.05, 4.69) is 9.72 Å². The third kappa shape index (κ3) is 2.06. The molecule has 5 nitrogen and oxygen atoms in total. The van der Waals surface area contributed by atoms with E-state index >= 15 is 0 Å². The molecule has 66 valence electrons. The lowest BCUT2D eigenvalue weighted by molar-refractivity contribution is -0.141. The second kappa shape index (κ2) is 3.87. The van der Waals surface area contributed by atoms with Gasteiger partial charge in [0.2, 0.25) is 0 Å². The fraction of sp³-hybridized carbons (Fsp3) is 0.429. The van der Waals surface area contributed by atoms with Crippen LogP contribution in [0.1, 0.15) is 5.69 Å². The van der Waals surface area contributed by atoms with Crippen molar-refractivity contribution in [1.82, 2.24) is 9.55 Å². The minimum atomic E-state index is -0.336. The predicted molar refractivity (Wildman–Crippen MR) is 40.2 cm³/mol. The molecule has 5 heteroatoms. The molecule has 1 aromatic rings. The molecule has 0 aliphatic carbocycles. The minimum Gasteiger partial charge on any atom is -0.468 e. The Morgan fingerprint density at radius 3 is 3.08 bits per heavy atom. The molecule has 0 aliphatic heterocycles. The quantitative estimate of drug-likeness (QED) is 0.624. The van der Waals surface area contributed by atoms with E-state index in [1.807, 2.05) is 0 Å². The lowest BCUT2D eigenvalue weighted by Gasteiger charge is -1.98. The van der Waals surface area contributed by atoms with Gasteiger partial charge in [-0.05, 0) is 0 Å². The molecule has 0 aromatic carbocycles. The zero-order valence-corrected chi connectivity index (χ0v) is 6.73. The van der Waals surface area contributed by atoms with Gasteiger partial charge < -0.3 is 14.4 Å². The van der Waals surface area contributed by atoms with E-state index in [1.54, 1.807) is 10.8 Å². The number of aliphatic hydroxyl groups excluding tert-OH is 1. The summed E-state index contributed by atoms with van der Waals surface area (Å²) in [4.78, 5) is 14.6. The Kier molecular flexibility index (Phi) is 2.82. The van der Waals surface area contributed by atoms with Crippen LogP contribution in [0.4, 0.5) is 0 Å². The summed E-state index contributed by atoms with van der Waals surface area (Å²) in [6.45, 7) is 0.0116. The first kappa shape index (κ1) is 8.73. The van der Waals surface area contributed by atoms with Gasteiger partial charge in [0.05, 0.1) is 25.7 Å². The number of imidazole rings is 1. The van der Waals surface area contributed by atoms with Crippen molar-refractivity contribution in [2.75, 3.05) is 7.11 Å². The Hall–Kier alpha value is -1.36. The molecular weight excluding hydrogens is 160 g/mol. The van der Waals surface area contributed by atoms with Gasteiger partial charge in [0.1, 0.15) is 6.54 Å². The highest BCUT2D eigenvalue weighted by atomic mass is 16.5. The third-order valence-electron chi connectivity index (χ3n) is 1.39. The van der Waals surface area contributed by atoms with Gasteiger partial charge >= 0.3 is 5.97 Å². The van der Waals surface area contributed by atoms with Crippen LogP contribution in [0.5, 0.6) is 0 Å². The summed E-state index contributed by atoms with van der Waals surface area (Å²) < 4.78 is 6.00. The van der Waals surface area contributed by atoms with Crippen LogP contribution in [0.3, 0.4) is 0 Å². The molecule has 0 atom stereocenters. The van der Waals surface area contributed by atoms with E-state index in [1.165, 1.54) is 13.4 Å². The van der Waals surface area contributed by atoms with Gasteiger partial charge in [0.15, 0.2) is 0 Å². The fourth-order valence-corrected chi connectivity index (χ4v) is 0.788. The first-order valence-corrected chi connectivity index (χ1v) is 3.44. The number of aromatic nitrogens is 2. The lowest BCUT2D eigenvalue weighted by atomic mass is 10.5. The van der Waals surface area contributed by atoms with Crippen LogP contribution in [-0.2, 0) is 22.7 Å². The van der Waals surface area contributed by atoms with Crippen LogP contribution in [0.15, 0.2) is 12.5 Å². The van der Waals surface area contributed by atoms with Crippen molar-refractivity contribution in [1.29, 1.82) is 0 Å². The van der Waals surface area contributed by atoms with Gasteiger partial charge in [-0.25, -0.2) is 4.98 Å². The third-order valence-corrected chi connectivity index (χ3v) is 1.39. The number of hydrogen-bond acceptors (Lipinski definition) is 4. The van der Waals surface area contributed by atoms with Crippen LogP contribution >= 0.6 is 0 Å². The van der Waals surface area contributed by atoms with E-state index in [0.29, 0.717) is 5.69 Å². The number of rotatable bonds is 3. The molecule has 0 unspecified atom stereocenters. The average Bonchev–Trinajstić information content (AvgIpc) is 2.52. The van der Waals surface area contributed by atoms with Crippen LogP contribution in [0, 0.1) is 0 Å². The molecule has 12 heavy (non-hydrogen) atoms. The fourth-order valence-electron chi connectivity index (χ4n) is 0.788. The van der Waals surface area contributed by atoms with Crippen molar-refractivity contribution >= 4 is 5.97 Å². The summed E-state index contributed by atoms with van der Waals surface area (Å²) in [6.07, 6.45) is 3.07. The maximum atomic E-state index is 10.7. The van der Waals surface area contributed by atoms with Gasteiger partial charge in [-0.2, -0.15) is 0 Å². The van der Waals surface area contributed by atoms with Crippen molar-refractivity contribution in [2.45, 2.75) is 13.2 Å². The molecule has 0 aliphatic rings. The molecule has 0 saturated carbocycles. The number of hydrogen-bond donors (Lipinski definition) is 1. The number of nitrogens with zero attached hydrogens (tertiary/aromatic N) is 2. The Bertz CT molecular complexity index is 269. The van der Waals surface area contributed by atoms with Crippen molar-refractivity contribution in [2.24, 2.45) is 0 Å². The van der Waals surface area contributed by atoms with Crippen molar-refractivity contribution in [3.8, 4) is 0 Å². The Labute approximate surface area is 69.6 Å². The molecule has 0 amide bonds. The van der Waals surface area contributed by atoms with Crippen LogP contribution in [0.2, 0.25) is 0 Å². The van der Waals surface area contributed by atoms with Gasteiger partial charge in [-0.15, -0.1) is 0 Å². The summed E-state index contributed by atoms with van der Waals surface area (Å²) >= 11 is 0. The number of carbonyl (C=O) groups excluding carboxylic acids is 1. The summed E-state index contributed by atoms with van der Waals surface area (Å²) in [5, 5.41) is 8.65. The highest BCUT2D eigenvalue weighted by molar-refractivity contribution is 5.68. The van der Waals surface area contributed by atoms with Gasteiger partial charge in [0, 0.05) is 6.20 Å². The maximum Gasteiger partial charge on any atom is 0.325 e. The van der Waals surface area contributed by atoms with Crippen molar-refractivity contribution in [3.05, 3.63) is 18.2 Å². The second-order valence-corrected chi connectivity index (χ2v) is 2.27. The first-order valence-electron chi connectivity index (χ1n) is 3.44. The Morgan fingerprint density at radius 2 is 2.58 bits per heavy atom. The van der Waals surface area contributed by atoms with E-state index in [0.717, 1.165) is 0 Å². The van der Waals surface area contributed by atoms with Crippen molar-refractivity contribution in [3.63, 3.8) is 0 Å². The Morgan fingerprint density at radius 1 is 1.83 bits per heavy atom. The maximum absolute atomic E-state index is 10.7. The first-order chi connectivity index (χ1) is 5.76. The van der Waals surface area contributed by atoms with Crippen molar-refractivity contribution < 1.29 is 14.6 Å². The number of aliphatic hydroxyl groups is 1.